The monoisotopic (exact) mass is 319 g/mol. The van der Waals surface area contributed by atoms with E-state index in [4.69, 9.17) is 0 Å². The molecule has 0 fully saturated rings. The summed E-state index contributed by atoms with van der Waals surface area (Å²) in [6.45, 7) is 2.48. The summed E-state index contributed by atoms with van der Waals surface area (Å²) in [6.07, 6.45) is 0. The Morgan fingerprint density at radius 1 is 1.35 bits per heavy atom. The van der Waals surface area contributed by atoms with E-state index in [2.05, 4.69) is 30.0 Å². The van der Waals surface area contributed by atoms with E-state index in [-0.39, 0.29) is 15.7 Å². The zero-order valence-electron chi connectivity index (χ0n) is 8.80. The van der Waals surface area contributed by atoms with Gasteiger partial charge in [0.15, 0.2) is 5.82 Å². The molecule has 1 aromatic heterocycles. The lowest BCUT2D eigenvalue weighted by molar-refractivity contribution is 0.584. The van der Waals surface area contributed by atoms with Crippen LogP contribution in [0.2, 0.25) is 0 Å². The number of anilines is 1. The van der Waals surface area contributed by atoms with Crippen LogP contribution in [0.3, 0.4) is 0 Å². The molecule has 3 nitrogen and oxygen atoms in total. The maximum absolute atomic E-state index is 13.9. The largest absolute Gasteiger partial charge is 0.368 e. The third-order valence-corrected chi connectivity index (χ3v) is 3.25. The van der Waals surface area contributed by atoms with E-state index in [0.717, 1.165) is 11.7 Å². The summed E-state index contributed by atoms with van der Waals surface area (Å²) in [5.74, 6) is -0.928. The minimum atomic E-state index is -0.670. The predicted molar refractivity (Wildman–Crippen MR) is 67.1 cm³/mol. The molecule has 90 valence electrons. The highest BCUT2D eigenvalue weighted by Crippen LogP contribution is 2.33. The van der Waals surface area contributed by atoms with E-state index in [1.807, 2.05) is 6.92 Å². The van der Waals surface area contributed by atoms with Gasteiger partial charge in [0.25, 0.3) is 0 Å². The highest BCUT2D eigenvalue weighted by atomic mass is 79.9. The Bertz CT molecular complexity index is 544. The zero-order valence-corrected chi connectivity index (χ0v) is 11.2. The molecule has 0 spiro atoms. The molecule has 0 aliphatic carbocycles. The van der Waals surface area contributed by atoms with Crippen LogP contribution in [0.1, 0.15) is 6.92 Å². The fourth-order valence-corrected chi connectivity index (χ4v) is 2.24. The lowest BCUT2D eigenvalue weighted by Gasteiger charge is -2.06. The van der Waals surface area contributed by atoms with Gasteiger partial charge in [0.1, 0.15) is 17.3 Å². The summed E-state index contributed by atoms with van der Waals surface area (Å²) in [7, 11) is 0. The fourth-order valence-electron chi connectivity index (χ4n) is 1.38. The molecule has 0 saturated carbocycles. The number of aromatic nitrogens is 2. The van der Waals surface area contributed by atoms with E-state index in [1.165, 1.54) is 12.1 Å². The van der Waals surface area contributed by atoms with Gasteiger partial charge in [-0.05, 0) is 35.0 Å². The van der Waals surface area contributed by atoms with Gasteiger partial charge in [0.05, 0.1) is 21.8 Å². The molecule has 7 heteroatoms. The first-order valence-corrected chi connectivity index (χ1v) is 6.37. The summed E-state index contributed by atoms with van der Waals surface area (Å²) < 4.78 is 35.6. The molecule has 2 rings (SSSR count). The standard InChI is InChI=1S/C10H8BrF2N3S/c1-2-14-10-9(15-17-16-10)7-6(12)4-3-5(11)8(7)13/h3-4H,2H2,1H3,(H,14,16). The van der Waals surface area contributed by atoms with Crippen LogP contribution in [0.15, 0.2) is 16.6 Å². The smallest absolute Gasteiger partial charge is 0.168 e. The van der Waals surface area contributed by atoms with E-state index in [9.17, 15) is 8.78 Å². The van der Waals surface area contributed by atoms with Gasteiger partial charge in [0.2, 0.25) is 0 Å². The number of halogens is 3. The molecule has 1 N–H and O–H groups in total. The van der Waals surface area contributed by atoms with Crippen LogP contribution in [0.4, 0.5) is 14.6 Å². The van der Waals surface area contributed by atoms with Crippen LogP contribution in [-0.2, 0) is 0 Å². The van der Waals surface area contributed by atoms with E-state index < -0.39 is 11.6 Å². The number of hydrogen-bond acceptors (Lipinski definition) is 4. The van der Waals surface area contributed by atoms with Gasteiger partial charge >= 0.3 is 0 Å². The second kappa shape index (κ2) is 5.05. The van der Waals surface area contributed by atoms with Crippen molar-refractivity contribution in [3.8, 4) is 11.3 Å². The highest BCUT2D eigenvalue weighted by molar-refractivity contribution is 9.10. The van der Waals surface area contributed by atoms with Crippen LogP contribution in [0.25, 0.3) is 11.3 Å². The second-order valence-corrected chi connectivity index (χ2v) is 4.59. The Hall–Kier alpha value is -1.08. The topological polar surface area (TPSA) is 37.8 Å². The molecule has 0 bridgehead atoms. The van der Waals surface area contributed by atoms with Gasteiger partial charge in [0, 0.05) is 6.54 Å². The van der Waals surface area contributed by atoms with Gasteiger partial charge in [-0.1, -0.05) is 0 Å². The highest BCUT2D eigenvalue weighted by Gasteiger charge is 2.20. The number of nitrogens with zero attached hydrogens (tertiary/aromatic N) is 2. The quantitative estimate of drug-likeness (QED) is 0.877. The summed E-state index contributed by atoms with van der Waals surface area (Å²) in [5.41, 5.74) is 0.0391. The molecule has 1 heterocycles. The Morgan fingerprint density at radius 2 is 2.12 bits per heavy atom. The van der Waals surface area contributed by atoms with Crippen molar-refractivity contribution in [1.29, 1.82) is 0 Å². The van der Waals surface area contributed by atoms with E-state index in [0.29, 0.717) is 12.4 Å². The zero-order chi connectivity index (χ0) is 12.4. The van der Waals surface area contributed by atoms with Crippen molar-refractivity contribution in [3.05, 3.63) is 28.2 Å². The van der Waals surface area contributed by atoms with Crippen LogP contribution >= 0.6 is 27.7 Å². The first-order valence-electron chi connectivity index (χ1n) is 4.85. The third kappa shape index (κ3) is 2.30. The molecule has 1 aromatic carbocycles. The average Bonchev–Trinajstić information content (AvgIpc) is 2.73. The molecular formula is C10H8BrF2N3S. The number of hydrogen-bond donors (Lipinski definition) is 1. The van der Waals surface area contributed by atoms with Crippen molar-refractivity contribution in [2.45, 2.75) is 6.92 Å². The summed E-state index contributed by atoms with van der Waals surface area (Å²) in [4.78, 5) is 0. The summed E-state index contributed by atoms with van der Waals surface area (Å²) in [6, 6.07) is 2.51. The van der Waals surface area contributed by atoms with Gasteiger partial charge in [-0.15, -0.1) is 0 Å². The van der Waals surface area contributed by atoms with Crippen molar-refractivity contribution in [1.82, 2.24) is 8.75 Å². The third-order valence-electron chi connectivity index (χ3n) is 2.11. The Morgan fingerprint density at radius 3 is 2.82 bits per heavy atom. The molecule has 0 radical (unpaired) electrons. The predicted octanol–water partition coefficient (Wildman–Crippen LogP) is 3.68. The van der Waals surface area contributed by atoms with Crippen LogP contribution < -0.4 is 5.32 Å². The first kappa shape index (κ1) is 12.4. The average molecular weight is 320 g/mol. The Balaban J connectivity index is 2.60. The van der Waals surface area contributed by atoms with Gasteiger partial charge in [-0.25, -0.2) is 8.78 Å². The Kier molecular flexibility index (Phi) is 3.68. The number of benzene rings is 1. The minimum absolute atomic E-state index is 0.163. The fraction of sp³-hybridized carbons (Fsp3) is 0.200. The Labute approximate surface area is 109 Å². The molecule has 0 unspecified atom stereocenters. The summed E-state index contributed by atoms with van der Waals surface area (Å²) >= 11 is 3.94. The molecule has 0 saturated heterocycles. The van der Waals surface area contributed by atoms with Gasteiger partial charge < -0.3 is 5.32 Å². The minimum Gasteiger partial charge on any atom is -0.368 e. The second-order valence-electron chi connectivity index (χ2n) is 3.21. The van der Waals surface area contributed by atoms with E-state index >= 15 is 0 Å². The van der Waals surface area contributed by atoms with Gasteiger partial charge in [-0.2, -0.15) is 8.75 Å². The maximum Gasteiger partial charge on any atom is 0.168 e. The van der Waals surface area contributed by atoms with Crippen LogP contribution in [-0.4, -0.2) is 15.3 Å². The SMILES string of the molecule is CCNc1nsnc1-c1c(F)ccc(Br)c1F. The van der Waals surface area contributed by atoms with Crippen LogP contribution in [0.5, 0.6) is 0 Å². The number of rotatable bonds is 3. The molecule has 17 heavy (non-hydrogen) atoms. The van der Waals surface area contributed by atoms with Gasteiger partial charge in [-0.3, -0.25) is 0 Å². The molecule has 0 amide bonds. The normalized spacial score (nSPS) is 10.6. The molecule has 0 atom stereocenters. The first-order chi connectivity index (χ1) is 8.15. The van der Waals surface area contributed by atoms with Crippen molar-refractivity contribution < 1.29 is 8.78 Å². The molecule has 2 aromatic rings. The van der Waals surface area contributed by atoms with Crippen molar-refractivity contribution in [2.24, 2.45) is 0 Å². The lowest BCUT2D eigenvalue weighted by atomic mass is 10.1. The molecule has 0 aliphatic rings. The maximum atomic E-state index is 13.9. The summed E-state index contributed by atoms with van der Waals surface area (Å²) in [5, 5.41) is 2.92. The molecular weight excluding hydrogens is 312 g/mol. The van der Waals surface area contributed by atoms with Crippen molar-refractivity contribution >= 4 is 33.5 Å². The lowest BCUT2D eigenvalue weighted by Crippen LogP contribution is -2.00. The van der Waals surface area contributed by atoms with Crippen molar-refractivity contribution in [3.63, 3.8) is 0 Å². The van der Waals surface area contributed by atoms with Crippen LogP contribution in [0, 0.1) is 11.6 Å². The van der Waals surface area contributed by atoms with Crippen molar-refractivity contribution in [2.75, 3.05) is 11.9 Å². The number of nitrogens with one attached hydrogen (secondary N) is 1. The van der Waals surface area contributed by atoms with E-state index in [1.54, 1.807) is 0 Å². The molecule has 0 aliphatic heterocycles.